The molecule has 0 aliphatic rings. The van der Waals surface area contributed by atoms with Gasteiger partial charge in [-0.15, -0.1) is 0 Å². The second kappa shape index (κ2) is 5.66. The van der Waals surface area contributed by atoms with E-state index >= 15 is 0 Å². The maximum atomic E-state index is 5.57. The highest BCUT2D eigenvalue weighted by molar-refractivity contribution is 5.37. The van der Waals surface area contributed by atoms with E-state index in [4.69, 9.17) is 10.5 Å². The lowest BCUT2D eigenvalue weighted by Crippen LogP contribution is -2.02. The van der Waals surface area contributed by atoms with Gasteiger partial charge in [-0.3, -0.25) is 0 Å². The van der Waals surface area contributed by atoms with Gasteiger partial charge >= 0.3 is 0 Å². The quantitative estimate of drug-likeness (QED) is 0.778. The van der Waals surface area contributed by atoms with Gasteiger partial charge in [0, 0.05) is 0 Å². The van der Waals surface area contributed by atoms with Gasteiger partial charge in [0.1, 0.15) is 5.75 Å². The first-order valence-electron chi connectivity index (χ1n) is 5.20. The molecule has 1 aromatic carbocycles. The van der Waals surface area contributed by atoms with Gasteiger partial charge in [-0.1, -0.05) is 12.1 Å². The van der Waals surface area contributed by atoms with Crippen LogP contribution in [0.25, 0.3) is 0 Å². The maximum Gasteiger partial charge on any atom is 0.122 e. The molecule has 0 spiro atoms. The van der Waals surface area contributed by atoms with Crippen molar-refractivity contribution in [2.45, 2.75) is 26.7 Å². The van der Waals surface area contributed by atoms with E-state index in [1.54, 1.807) is 0 Å². The van der Waals surface area contributed by atoms with Gasteiger partial charge in [0.25, 0.3) is 0 Å². The van der Waals surface area contributed by atoms with Crippen LogP contribution in [0.5, 0.6) is 5.75 Å². The number of rotatable bonds is 5. The number of benzene rings is 1. The van der Waals surface area contributed by atoms with E-state index in [1.165, 1.54) is 11.1 Å². The molecule has 14 heavy (non-hydrogen) atoms. The van der Waals surface area contributed by atoms with Crippen LogP contribution in [-0.4, -0.2) is 13.2 Å². The van der Waals surface area contributed by atoms with E-state index in [0.717, 1.165) is 31.7 Å². The van der Waals surface area contributed by atoms with E-state index in [9.17, 15) is 0 Å². The van der Waals surface area contributed by atoms with Gasteiger partial charge in [0.2, 0.25) is 0 Å². The Bertz CT molecular complexity index is 284. The minimum atomic E-state index is 0.721. The number of hydrogen-bond donors (Lipinski definition) is 1. The predicted octanol–water partition coefficient (Wildman–Crippen LogP) is 2.29. The van der Waals surface area contributed by atoms with Crippen LogP contribution in [0.15, 0.2) is 18.2 Å². The van der Waals surface area contributed by atoms with E-state index in [-0.39, 0.29) is 0 Å². The Labute approximate surface area is 86.1 Å². The minimum Gasteiger partial charge on any atom is -0.494 e. The number of nitrogens with two attached hydrogens (primary N) is 1. The van der Waals surface area contributed by atoms with Crippen molar-refractivity contribution in [1.29, 1.82) is 0 Å². The smallest absolute Gasteiger partial charge is 0.122 e. The largest absolute Gasteiger partial charge is 0.494 e. The Morgan fingerprint density at radius 3 is 2.79 bits per heavy atom. The summed E-state index contributed by atoms with van der Waals surface area (Å²) in [6.07, 6.45) is 2.02. The molecular weight excluding hydrogens is 174 g/mol. The Morgan fingerprint density at radius 2 is 2.14 bits per heavy atom. The van der Waals surface area contributed by atoms with Crippen molar-refractivity contribution in [3.8, 4) is 5.75 Å². The number of aryl methyl sites for hydroxylation is 2. The summed E-state index contributed by atoms with van der Waals surface area (Å²) >= 11 is 0. The first kappa shape index (κ1) is 11.1. The fourth-order valence-electron chi connectivity index (χ4n) is 1.45. The summed E-state index contributed by atoms with van der Waals surface area (Å²) in [5, 5.41) is 0. The highest BCUT2D eigenvalue weighted by atomic mass is 16.5. The minimum absolute atomic E-state index is 0.721. The fourth-order valence-corrected chi connectivity index (χ4v) is 1.45. The number of ether oxygens (including phenoxy) is 1. The van der Waals surface area contributed by atoms with Gasteiger partial charge in [0.15, 0.2) is 0 Å². The Hall–Kier alpha value is -1.02. The molecule has 0 unspecified atom stereocenters. The van der Waals surface area contributed by atoms with Crippen LogP contribution in [0.1, 0.15) is 24.5 Å². The third kappa shape index (κ3) is 3.04. The molecule has 0 aromatic heterocycles. The normalized spacial score (nSPS) is 10.2. The van der Waals surface area contributed by atoms with Crippen LogP contribution < -0.4 is 10.5 Å². The summed E-state index contributed by atoms with van der Waals surface area (Å²) in [7, 11) is 0. The van der Waals surface area contributed by atoms with Crippen LogP contribution in [0.2, 0.25) is 0 Å². The Balaban J connectivity index is 2.78. The Morgan fingerprint density at radius 1 is 1.36 bits per heavy atom. The fraction of sp³-hybridized carbons (Fsp3) is 0.500. The molecule has 0 atom stereocenters. The number of hydrogen-bond acceptors (Lipinski definition) is 2. The molecule has 1 rings (SSSR count). The second-order valence-corrected chi connectivity index (χ2v) is 3.44. The molecule has 0 amide bonds. The van der Waals surface area contributed by atoms with Gasteiger partial charge in [-0.2, -0.15) is 0 Å². The maximum absolute atomic E-state index is 5.57. The van der Waals surface area contributed by atoms with Crippen molar-refractivity contribution in [3.63, 3.8) is 0 Å². The van der Waals surface area contributed by atoms with Crippen LogP contribution in [0.3, 0.4) is 0 Å². The molecular formula is C12H19NO. The predicted molar refractivity (Wildman–Crippen MR) is 59.7 cm³/mol. The van der Waals surface area contributed by atoms with Crippen LogP contribution in [-0.2, 0) is 6.42 Å². The summed E-state index contributed by atoms with van der Waals surface area (Å²) < 4.78 is 5.57. The molecule has 1 aromatic rings. The summed E-state index contributed by atoms with van der Waals surface area (Å²) in [5.74, 6) is 1.01. The first-order valence-corrected chi connectivity index (χ1v) is 5.20. The zero-order valence-electron chi connectivity index (χ0n) is 9.05. The van der Waals surface area contributed by atoms with Crippen molar-refractivity contribution < 1.29 is 4.74 Å². The highest BCUT2D eigenvalue weighted by Gasteiger charge is 2.02. The summed E-state index contributed by atoms with van der Waals surface area (Å²) in [4.78, 5) is 0. The van der Waals surface area contributed by atoms with Crippen LogP contribution in [0.4, 0.5) is 0 Å². The highest BCUT2D eigenvalue weighted by Crippen LogP contribution is 2.21. The second-order valence-electron chi connectivity index (χ2n) is 3.44. The van der Waals surface area contributed by atoms with Crippen molar-refractivity contribution >= 4 is 0 Å². The van der Waals surface area contributed by atoms with Gasteiger partial charge in [-0.05, 0) is 50.4 Å². The molecule has 0 radical (unpaired) electrons. The molecule has 2 heteroatoms. The molecule has 0 saturated heterocycles. The summed E-state index contributed by atoms with van der Waals surface area (Å²) in [6.45, 7) is 5.54. The van der Waals surface area contributed by atoms with Crippen molar-refractivity contribution in [2.24, 2.45) is 5.73 Å². The standard InChI is InChI=1S/C12H19NO/c1-3-14-12-9-10(2)6-7-11(12)5-4-8-13/h6-7,9H,3-5,8,13H2,1-2H3. The summed E-state index contributed by atoms with van der Waals surface area (Å²) in [6, 6.07) is 6.35. The molecule has 0 aliphatic carbocycles. The third-order valence-corrected chi connectivity index (χ3v) is 2.17. The van der Waals surface area contributed by atoms with Crippen LogP contribution >= 0.6 is 0 Å². The zero-order chi connectivity index (χ0) is 10.4. The van der Waals surface area contributed by atoms with Crippen molar-refractivity contribution in [2.75, 3.05) is 13.2 Å². The van der Waals surface area contributed by atoms with Crippen molar-refractivity contribution in [1.82, 2.24) is 0 Å². The van der Waals surface area contributed by atoms with Gasteiger partial charge in [0.05, 0.1) is 6.61 Å². The third-order valence-electron chi connectivity index (χ3n) is 2.17. The first-order chi connectivity index (χ1) is 6.77. The molecule has 2 nitrogen and oxygen atoms in total. The molecule has 2 N–H and O–H groups in total. The molecule has 78 valence electrons. The SMILES string of the molecule is CCOc1cc(C)ccc1CCCN. The van der Waals surface area contributed by atoms with E-state index in [1.807, 2.05) is 6.92 Å². The Kier molecular flexibility index (Phi) is 4.47. The molecule has 0 heterocycles. The lowest BCUT2D eigenvalue weighted by molar-refractivity contribution is 0.336. The molecule has 0 bridgehead atoms. The van der Waals surface area contributed by atoms with Crippen LogP contribution in [0, 0.1) is 6.92 Å². The van der Waals surface area contributed by atoms with Gasteiger partial charge in [-0.25, -0.2) is 0 Å². The van der Waals surface area contributed by atoms with E-state index in [0.29, 0.717) is 0 Å². The summed E-state index contributed by atoms with van der Waals surface area (Å²) in [5.41, 5.74) is 8.00. The molecule has 0 saturated carbocycles. The average Bonchev–Trinajstić information content (AvgIpc) is 2.17. The van der Waals surface area contributed by atoms with E-state index < -0.39 is 0 Å². The van der Waals surface area contributed by atoms with Gasteiger partial charge < -0.3 is 10.5 Å². The lowest BCUT2D eigenvalue weighted by atomic mass is 10.1. The average molecular weight is 193 g/mol. The lowest BCUT2D eigenvalue weighted by Gasteiger charge is -2.10. The monoisotopic (exact) mass is 193 g/mol. The molecule has 0 fully saturated rings. The zero-order valence-corrected chi connectivity index (χ0v) is 9.05. The van der Waals surface area contributed by atoms with Crippen molar-refractivity contribution in [3.05, 3.63) is 29.3 Å². The molecule has 0 aliphatic heterocycles. The topological polar surface area (TPSA) is 35.2 Å². The van der Waals surface area contributed by atoms with E-state index in [2.05, 4.69) is 25.1 Å².